The molecule has 7 heteroatoms. The van der Waals surface area contributed by atoms with Crippen molar-refractivity contribution < 1.29 is 14.7 Å². The number of rotatable bonds is 4. The molecule has 104 valence electrons. The standard InChI is InChI=1S/C13H13N3O3S/c1-3-9-11(20-16-15-9)12(17)14-10-6-4-5-8(7(10)2)13(18)19/h4-6H,3H2,1-2H3,(H,14,17)(H,18,19). The first-order valence-electron chi connectivity index (χ1n) is 6.00. The molecule has 0 aliphatic carbocycles. The zero-order chi connectivity index (χ0) is 14.7. The van der Waals surface area contributed by atoms with Crippen LogP contribution in [0.4, 0.5) is 5.69 Å². The molecule has 2 rings (SSSR count). The van der Waals surface area contributed by atoms with Crippen LogP contribution in [-0.2, 0) is 6.42 Å². The summed E-state index contributed by atoms with van der Waals surface area (Å²) < 4.78 is 3.76. The lowest BCUT2D eigenvalue weighted by Gasteiger charge is -2.09. The van der Waals surface area contributed by atoms with Gasteiger partial charge in [0.25, 0.3) is 5.91 Å². The molecule has 0 fully saturated rings. The number of aryl methyl sites for hydroxylation is 1. The Morgan fingerprint density at radius 1 is 1.40 bits per heavy atom. The smallest absolute Gasteiger partial charge is 0.336 e. The minimum absolute atomic E-state index is 0.168. The first-order valence-corrected chi connectivity index (χ1v) is 6.77. The summed E-state index contributed by atoms with van der Waals surface area (Å²) in [6.45, 7) is 3.55. The number of nitrogens with one attached hydrogen (secondary N) is 1. The van der Waals surface area contributed by atoms with Gasteiger partial charge < -0.3 is 10.4 Å². The van der Waals surface area contributed by atoms with Crippen molar-refractivity contribution in [2.45, 2.75) is 20.3 Å². The number of aromatic nitrogens is 2. The van der Waals surface area contributed by atoms with Gasteiger partial charge in [0.2, 0.25) is 0 Å². The van der Waals surface area contributed by atoms with E-state index in [4.69, 9.17) is 5.11 Å². The molecule has 1 aromatic heterocycles. The Morgan fingerprint density at radius 3 is 2.80 bits per heavy atom. The van der Waals surface area contributed by atoms with Crippen molar-refractivity contribution >= 4 is 29.1 Å². The fourth-order valence-corrected chi connectivity index (χ4v) is 2.44. The fourth-order valence-electron chi connectivity index (χ4n) is 1.79. The van der Waals surface area contributed by atoms with E-state index in [2.05, 4.69) is 14.9 Å². The van der Waals surface area contributed by atoms with Gasteiger partial charge in [-0.3, -0.25) is 4.79 Å². The molecule has 1 aromatic carbocycles. The van der Waals surface area contributed by atoms with E-state index >= 15 is 0 Å². The van der Waals surface area contributed by atoms with Gasteiger partial charge in [-0.2, -0.15) is 0 Å². The van der Waals surface area contributed by atoms with E-state index in [1.807, 2.05) is 6.92 Å². The maximum absolute atomic E-state index is 12.2. The van der Waals surface area contributed by atoms with Gasteiger partial charge in [0.05, 0.1) is 11.3 Å². The number of benzene rings is 1. The summed E-state index contributed by atoms with van der Waals surface area (Å²) in [6, 6.07) is 4.76. The van der Waals surface area contributed by atoms with Crippen LogP contribution >= 0.6 is 11.5 Å². The zero-order valence-electron chi connectivity index (χ0n) is 11.0. The highest BCUT2D eigenvalue weighted by molar-refractivity contribution is 7.08. The Morgan fingerprint density at radius 2 is 2.15 bits per heavy atom. The van der Waals surface area contributed by atoms with Gasteiger partial charge in [0.1, 0.15) is 4.88 Å². The minimum atomic E-state index is -1.02. The number of carbonyl (C=O) groups excluding carboxylic acids is 1. The molecule has 2 N–H and O–H groups in total. The molecule has 0 spiro atoms. The van der Waals surface area contributed by atoms with Crippen LogP contribution < -0.4 is 5.32 Å². The van der Waals surface area contributed by atoms with Crippen LogP contribution in [0.2, 0.25) is 0 Å². The number of amides is 1. The number of anilines is 1. The first-order chi connectivity index (χ1) is 9.54. The maximum Gasteiger partial charge on any atom is 0.336 e. The second-order valence-corrected chi connectivity index (χ2v) is 4.89. The SMILES string of the molecule is CCc1nnsc1C(=O)Nc1cccc(C(=O)O)c1C. The van der Waals surface area contributed by atoms with Crippen LogP contribution in [0.25, 0.3) is 0 Å². The van der Waals surface area contributed by atoms with E-state index in [-0.39, 0.29) is 11.5 Å². The first kappa shape index (κ1) is 14.1. The van der Waals surface area contributed by atoms with Gasteiger partial charge in [0, 0.05) is 5.69 Å². The molecular formula is C13H13N3O3S. The van der Waals surface area contributed by atoms with Crippen molar-refractivity contribution in [1.29, 1.82) is 0 Å². The Kier molecular flexibility index (Phi) is 4.09. The van der Waals surface area contributed by atoms with Gasteiger partial charge in [-0.25, -0.2) is 4.79 Å². The van der Waals surface area contributed by atoms with Crippen molar-refractivity contribution in [3.63, 3.8) is 0 Å². The quantitative estimate of drug-likeness (QED) is 0.902. The summed E-state index contributed by atoms with van der Waals surface area (Å²) in [5.41, 5.74) is 1.80. The Balaban J connectivity index is 2.29. The molecule has 1 heterocycles. The van der Waals surface area contributed by atoms with Crippen LogP contribution in [-0.4, -0.2) is 26.6 Å². The molecule has 20 heavy (non-hydrogen) atoms. The van der Waals surface area contributed by atoms with Crippen molar-refractivity contribution in [3.05, 3.63) is 39.9 Å². The summed E-state index contributed by atoms with van der Waals surface area (Å²) in [5, 5.41) is 15.6. The molecule has 0 saturated heterocycles. The van der Waals surface area contributed by atoms with Crippen LogP contribution in [0.5, 0.6) is 0 Å². The van der Waals surface area contributed by atoms with E-state index in [1.165, 1.54) is 6.07 Å². The molecule has 0 atom stereocenters. The lowest BCUT2D eigenvalue weighted by molar-refractivity contribution is 0.0695. The number of nitrogens with zero attached hydrogens (tertiary/aromatic N) is 2. The summed E-state index contributed by atoms with van der Waals surface area (Å²) in [5.74, 6) is -1.34. The van der Waals surface area contributed by atoms with Gasteiger partial charge in [-0.05, 0) is 42.6 Å². The summed E-state index contributed by atoms with van der Waals surface area (Å²) in [4.78, 5) is 23.7. The summed E-state index contributed by atoms with van der Waals surface area (Å²) >= 11 is 1.03. The Hall–Kier alpha value is -2.28. The highest BCUT2D eigenvalue weighted by Crippen LogP contribution is 2.21. The number of carboxylic acid groups (broad SMARTS) is 1. The Labute approximate surface area is 119 Å². The molecule has 0 aliphatic heterocycles. The van der Waals surface area contributed by atoms with E-state index in [0.717, 1.165) is 11.5 Å². The fraction of sp³-hybridized carbons (Fsp3) is 0.231. The largest absolute Gasteiger partial charge is 0.478 e. The third-order valence-electron chi connectivity index (χ3n) is 2.91. The van der Waals surface area contributed by atoms with Crippen LogP contribution in [0.1, 0.15) is 38.2 Å². The summed E-state index contributed by atoms with van der Waals surface area (Å²) in [7, 11) is 0. The topological polar surface area (TPSA) is 92.2 Å². The molecule has 6 nitrogen and oxygen atoms in total. The van der Waals surface area contributed by atoms with Crippen molar-refractivity contribution in [2.24, 2.45) is 0 Å². The highest BCUT2D eigenvalue weighted by Gasteiger charge is 2.17. The third-order valence-corrected chi connectivity index (χ3v) is 3.68. The van der Waals surface area contributed by atoms with Gasteiger partial charge in [-0.15, -0.1) is 5.10 Å². The predicted octanol–water partition coefficient (Wildman–Crippen LogP) is 2.36. The van der Waals surface area contributed by atoms with Gasteiger partial charge in [0.15, 0.2) is 0 Å². The minimum Gasteiger partial charge on any atom is -0.478 e. The Bertz CT molecular complexity index is 667. The average molecular weight is 291 g/mol. The molecule has 0 bridgehead atoms. The monoisotopic (exact) mass is 291 g/mol. The van der Waals surface area contributed by atoms with E-state index in [0.29, 0.717) is 28.2 Å². The number of aromatic carboxylic acids is 1. The maximum atomic E-state index is 12.2. The molecule has 0 unspecified atom stereocenters. The summed E-state index contributed by atoms with van der Waals surface area (Å²) in [6.07, 6.45) is 0.618. The second-order valence-electron chi connectivity index (χ2n) is 4.14. The molecule has 0 radical (unpaired) electrons. The van der Waals surface area contributed by atoms with E-state index in [1.54, 1.807) is 19.1 Å². The van der Waals surface area contributed by atoms with E-state index in [9.17, 15) is 9.59 Å². The molecule has 2 aromatic rings. The lowest BCUT2D eigenvalue weighted by atomic mass is 10.1. The van der Waals surface area contributed by atoms with Gasteiger partial charge in [-0.1, -0.05) is 17.5 Å². The zero-order valence-corrected chi connectivity index (χ0v) is 11.8. The van der Waals surface area contributed by atoms with Crippen molar-refractivity contribution in [2.75, 3.05) is 5.32 Å². The molecule has 0 saturated carbocycles. The van der Waals surface area contributed by atoms with Crippen molar-refractivity contribution in [3.8, 4) is 0 Å². The molecule has 1 amide bonds. The predicted molar refractivity (Wildman–Crippen MR) is 75.4 cm³/mol. The third kappa shape index (κ3) is 2.67. The average Bonchev–Trinajstić information content (AvgIpc) is 2.89. The lowest BCUT2D eigenvalue weighted by Crippen LogP contribution is -2.14. The highest BCUT2D eigenvalue weighted by atomic mass is 32.1. The molecule has 0 aliphatic rings. The van der Waals surface area contributed by atoms with Crippen LogP contribution in [0, 0.1) is 6.92 Å². The van der Waals surface area contributed by atoms with Crippen LogP contribution in [0.3, 0.4) is 0 Å². The number of carboxylic acids is 1. The number of hydrogen-bond acceptors (Lipinski definition) is 5. The van der Waals surface area contributed by atoms with Crippen LogP contribution in [0.15, 0.2) is 18.2 Å². The number of hydrogen-bond donors (Lipinski definition) is 2. The van der Waals surface area contributed by atoms with Crippen molar-refractivity contribution in [1.82, 2.24) is 9.59 Å². The van der Waals surface area contributed by atoms with E-state index < -0.39 is 5.97 Å². The normalized spacial score (nSPS) is 10.3. The second kappa shape index (κ2) is 5.79. The van der Waals surface area contributed by atoms with Gasteiger partial charge >= 0.3 is 5.97 Å². The molecular weight excluding hydrogens is 278 g/mol. The number of carbonyl (C=O) groups is 2.